The summed E-state index contributed by atoms with van der Waals surface area (Å²) in [5.74, 6) is 1.60. The summed E-state index contributed by atoms with van der Waals surface area (Å²) in [5.41, 5.74) is 8.45. The lowest BCUT2D eigenvalue weighted by Gasteiger charge is -2.09. The van der Waals surface area contributed by atoms with Gasteiger partial charge in [-0.1, -0.05) is 0 Å². The number of ether oxygens (including phenoxy) is 1. The summed E-state index contributed by atoms with van der Waals surface area (Å²) in [4.78, 5) is 0. The van der Waals surface area contributed by atoms with E-state index in [9.17, 15) is 0 Å². The molecule has 3 aromatic rings. The molecule has 3 rings (SSSR count). The number of anilines is 1. The summed E-state index contributed by atoms with van der Waals surface area (Å²) in [6.07, 6.45) is 1.81. The number of aryl methyl sites for hydroxylation is 1. The van der Waals surface area contributed by atoms with Gasteiger partial charge in [-0.05, 0) is 43.3 Å². The minimum absolute atomic E-state index is 0. The Balaban J connectivity index is 0.00000133. The minimum atomic E-state index is 0. The molecule has 1 heterocycles. The van der Waals surface area contributed by atoms with Gasteiger partial charge in [0.25, 0.3) is 0 Å². The van der Waals surface area contributed by atoms with Crippen LogP contribution >= 0.6 is 12.4 Å². The third-order valence-electron chi connectivity index (χ3n) is 2.95. The van der Waals surface area contributed by atoms with Crippen molar-refractivity contribution in [3.05, 3.63) is 48.2 Å². The number of fused-ring (bicyclic) bond motifs is 1. The molecule has 0 saturated heterocycles. The standard InChI is InChI=1S/C14H13N3O.ClH/c1-9-12-8-16-17-13(12)6-7-14(9)18-11-4-2-10(15)3-5-11;/h2-8H,15H2,1H3,(H,16,17);1H. The molecule has 5 heteroatoms. The average Bonchev–Trinajstić information content (AvgIpc) is 2.84. The Morgan fingerprint density at radius 3 is 2.58 bits per heavy atom. The van der Waals surface area contributed by atoms with Crippen LogP contribution in [0.4, 0.5) is 5.69 Å². The number of aromatic amines is 1. The number of H-pyrrole nitrogens is 1. The second-order valence-electron chi connectivity index (χ2n) is 4.19. The molecule has 0 spiro atoms. The highest BCUT2D eigenvalue weighted by molar-refractivity contribution is 5.85. The molecule has 0 aliphatic carbocycles. The fraction of sp³-hybridized carbons (Fsp3) is 0.0714. The van der Waals surface area contributed by atoms with Crippen molar-refractivity contribution in [3.63, 3.8) is 0 Å². The van der Waals surface area contributed by atoms with Gasteiger partial charge >= 0.3 is 0 Å². The van der Waals surface area contributed by atoms with Crippen molar-refractivity contribution in [3.8, 4) is 11.5 Å². The van der Waals surface area contributed by atoms with Crippen molar-refractivity contribution in [1.82, 2.24) is 10.2 Å². The fourth-order valence-corrected chi connectivity index (χ4v) is 1.91. The number of halogens is 1. The molecule has 0 saturated carbocycles. The van der Waals surface area contributed by atoms with Gasteiger partial charge in [-0.3, -0.25) is 5.10 Å². The highest BCUT2D eigenvalue weighted by Gasteiger charge is 2.06. The SMILES string of the molecule is Cc1c(Oc2ccc(N)cc2)ccc2[nH]ncc12.Cl. The number of nitrogens with zero attached hydrogens (tertiary/aromatic N) is 1. The van der Waals surface area contributed by atoms with Gasteiger partial charge in [0.15, 0.2) is 0 Å². The topological polar surface area (TPSA) is 63.9 Å². The number of benzene rings is 2. The third kappa shape index (κ3) is 2.48. The van der Waals surface area contributed by atoms with Crippen molar-refractivity contribution in [2.24, 2.45) is 0 Å². The van der Waals surface area contributed by atoms with E-state index in [2.05, 4.69) is 10.2 Å². The Morgan fingerprint density at radius 2 is 1.84 bits per heavy atom. The number of nitrogens with one attached hydrogen (secondary N) is 1. The van der Waals surface area contributed by atoms with Crippen LogP contribution in [0.15, 0.2) is 42.6 Å². The van der Waals surface area contributed by atoms with E-state index in [0.29, 0.717) is 0 Å². The number of nitrogens with two attached hydrogens (primary N) is 1. The van der Waals surface area contributed by atoms with Crippen LogP contribution in [-0.4, -0.2) is 10.2 Å². The predicted molar refractivity (Wildman–Crippen MR) is 79.0 cm³/mol. The first kappa shape index (κ1) is 13.2. The fourth-order valence-electron chi connectivity index (χ4n) is 1.91. The Bertz CT molecular complexity index is 691. The van der Waals surface area contributed by atoms with Gasteiger partial charge in [0.1, 0.15) is 11.5 Å². The van der Waals surface area contributed by atoms with E-state index in [4.69, 9.17) is 10.5 Å². The number of aromatic nitrogens is 2. The van der Waals surface area contributed by atoms with Gasteiger partial charge < -0.3 is 10.5 Å². The molecule has 0 radical (unpaired) electrons. The third-order valence-corrected chi connectivity index (χ3v) is 2.95. The van der Waals surface area contributed by atoms with Crippen LogP contribution in [0.1, 0.15) is 5.56 Å². The Hall–Kier alpha value is -2.20. The van der Waals surface area contributed by atoms with Gasteiger partial charge in [0.2, 0.25) is 0 Å². The van der Waals surface area contributed by atoms with Gasteiger partial charge in [0.05, 0.1) is 11.7 Å². The molecule has 0 amide bonds. The number of rotatable bonds is 2. The molecule has 0 aliphatic rings. The monoisotopic (exact) mass is 275 g/mol. The summed E-state index contributed by atoms with van der Waals surface area (Å²) >= 11 is 0. The van der Waals surface area contributed by atoms with Gasteiger partial charge in [-0.15, -0.1) is 12.4 Å². The molecular formula is C14H14ClN3O. The summed E-state index contributed by atoms with van der Waals surface area (Å²) in [6.45, 7) is 2.02. The van der Waals surface area contributed by atoms with Crippen molar-refractivity contribution in [2.45, 2.75) is 6.92 Å². The first-order chi connectivity index (χ1) is 8.74. The van der Waals surface area contributed by atoms with Crippen molar-refractivity contribution in [1.29, 1.82) is 0 Å². The number of hydrogen-bond acceptors (Lipinski definition) is 3. The lowest BCUT2D eigenvalue weighted by molar-refractivity contribution is 0.480. The average molecular weight is 276 g/mol. The van der Waals surface area contributed by atoms with E-state index in [-0.39, 0.29) is 12.4 Å². The summed E-state index contributed by atoms with van der Waals surface area (Å²) in [6, 6.07) is 11.2. The van der Waals surface area contributed by atoms with E-state index in [1.807, 2.05) is 43.3 Å². The smallest absolute Gasteiger partial charge is 0.131 e. The molecule has 4 nitrogen and oxygen atoms in total. The molecule has 3 N–H and O–H groups in total. The van der Waals surface area contributed by atoms with Crippen LogP contribution in [0.2, 0.25) is 0 Å². The molecule has 98 valence electrons. The van der Waals surface area contributed by atoms with Crippen LogP contribution in [0.5, 0.6) is 11.5 Å². The van der Waals surface area contributed by atoms with E-state index >= 15 is 0 Å². The van der Waals surface area contributed by atoms with Crippen LogP contribution in [-0.2, 0) is 0 Å². The van der Waals surface area contributed by atoms with Gasteiger partial charge in [0, 0.05) is 16.6 Å². The molecule has 0 unspecified atom stereocenters. The second-order valence-corrected chi connectivity index (χ2v) is 4.19. The van der Waals surface area contributed by atoms with Crippen LogP contribution < -0.4 is 10.5 Å². The maximum absolute atomic E-state index is 5.84. The van der Waals surface area contributed by atoms with Crippen LogP contribution in [0, 0.1) is 6.92 Å². The first-order valence-electron chi connectivity index (χ1n) is 5.70. The molecule has 0 atom stereocenters. The van der Waals surface area contributed by atoms with E-state index < -0.39 is 0 Å². The molecule has 0 aliphatic heterocycles. The Labute approximate surface area is 117 Å². The number of hydrogen-bond donors (Lipinski definition) is 2. The maximum atomic E-state index is 5.84. The molecular weight excluding hydrogens is 262 g/mol. The summed E-state index contributed by atoms with van der Waals surface area (Å²) < 4.78 is 5.84. The molecule has 2 aromatic carbocycles. The zero-order valence-corrected chi connectivity index (χ0v) is 11.2. The molecule has 0 bridgehead atoms. The quantitative estimate of drug-likeness (QED) is 0.702. The zero-order valence-electron chi connectivity index (χ0n) is 10.4. The van der Waals surface area contributed by atoms with E-state index in [1.54, 1.807) is 6.20 Å². The largest absolute Gasteiger partial charge is 0.457 e. The zero-order chi connectivity index (χ0) is 12.5. The van der Waals surface area contributed by atoms with Gasteiger partial charge in [-0.2, -0.15) is 5.10 Å². The lowest BCUT2D eigenvalue weighted by atomic mass is 10.1. The number of nitrogen functional groups attached to an aromatic ring is 1. The Morgan fingerprint density at radius 1 is 1.11 bits per heavy atom. The summed E-state index contributed by atoms with van der Waals surface area (Å²) in [7, 11) is 0. The lowest BCUT2D eigenvalue weighted by Crippen LogP contribution is -1.89. The van der Waals surface area contributed by atoms with Crippen molar-refractivity contribution in [2.75, 3.05) is 5.73 Å². The van der Waals surface area contributed by atoms with Crippen molar-refractivity contribution < 1.29 is 4.74 Å². The first-order valence-corrected chi connectivity index (χ1v) is 5.70. The highest BCUT2D eigenvalue weighted by atomic mass is 35.5. The van der Waals surface area contributed by atoms with Crippen molar-refractivity contribution >= 4 is 29.0 Å². The van der Waals surface area contributed by atoms with E-state index in [0.717, 1.165) is 33.7 Å². The maximum Gasteiger partial charge on any atom is 0.131 e. The molecule has 1 aromatic heterocycles. The van der Waals surface area contributed by atoms with Crippen LogP contribution in [0.3, 0.4) is 0 Å². The summed E-state index contributed by atoms with van der Waals surface area (Å²) in [5, 5.41) is 8.03. The van der Waals surface area contributed by atoms with Gasteiger partial charge in [-0.25, -0.2) is 0 Å². The molecule has 19 heavy (non-hydrogen) atoms. The molecule has 0 fully saturated rings. The predicted octanol–water partition coefficient (Wildman–Crippen LogP) is 3.67. The minimum Gasteiger partial charge on any atom is -0.457 e. The van der Waals surface area contributed by atoms with Crippen LogP contribution in [0.25, 0.3) is 10.9 Å². The Kier molecular flexibility index (Phi) is 3.62. The normalized spacial score (nSPS) is 10.2. The second kappa shape index (κ2) is 5.20. The highest BCUT2D eigenvalue weighted by Crippen LogP contribution is 2.30. The van der Waals surface area contributed by atoms with E-state index in [1.165, 1.54) is 0 Å².